The molecule has 1 rings (SSSR count). The molecule has 0 radical (unpaired) electrons. The summed E-state index contributed by atoms with van der Waals surface area (Å²) in [6, 6.07) is 8.42. The van der Waals surface area contributed by atoms with Crippen molar-refractivity contribution in [2.75, 3.05) is 0 Å². The molecule has 0 aliphatic rings. The lowest BCUT2D eigenvalue weighted by Gasteiger charge is -2.06. The average molecular weight is 189 g/mol. The molecule has 0 aliphatic heterocycles. The maximum atomic E-state index is 8.46. The molecule has 0 unspecified atom stereocenters. The smallest absolute Gasteiger partial charge is 0.0625 e. The second-order valence-electron chi connectivity index (χ2n) is 3.03. The van der Waals surface area contributed by atoms with Crippen molar-refractivity contribution in [3.63, 3.8) is 0 Å². The van der Waals surface area contributed by atoms with Gasteiger partial charge in [0.1, 0.15) is 0 Å². The van der Waals surface area contributed by atoms with Crippen molar-refractivity contribution >= 4 is 0 Å². The first-order valence-corrected chi connectivity index (χ1v) is 5.17. The first-order valence-electron chi connectivity index (χ1n) is 5.17. The van der Waals surface area contributed by atoms with Crippen molar-refractivity contribution < 1.29 is 0 Å². The molecule has 76 valence electrons. The largest absolute Gasteiger partial charge is 0.198 e. The fourth-order valence-corrected chi connectivity index (χ4v) is 1.42. The molecular weight excluding hydrogens is 170 g/mol. The van der Waals surface area contributed by atoms with E-state index in [1.54, 1.807) is 0 Å². The van der Waals surface area contributed by atoms with Gasteiger partial charge in [0.15, 0.2) is 0 Å². The molecular formula is C13H19N. The molecule has 0 fully saturated rings. The van der Waals surface area contributed by atoms with Crippen molar-refractivity contribution in [3.8, 4) is 6.07 Å². The van der Waals surface area contributed by atoms with Gasteiger partial charge in [0.05, 0.1) is 6.07 Å². The maximum absolute atomic E-state index is 8.46. The van der Waals surface area contributed by atoms with E-state index in [0.29, 0.717) is 6.42 Å². The number of rotatable bonds is 2. The molecule has 1 heteroatoms. The van der Waals surface area contributed by atoms with E-state index >= 15 is 0 Å². The van der Waals surface area contributed by atoms with Gasteiger partial charge in [-0.25, -0.2) is 0 Å². The summed E-state index contributed by atoms with van der Waals surface area (Å²) in [6.07, 6.45) is 1.50. The molecule has 0 atom stereocenters. The third-order valence-electron chi connectivity index (χ3n) is 2.13. The zero-order valence-electron chi connectivity index (χ0n) is 9.59. The van der Waals surface area contributed by atoms with Gasteiger partial charge in [-0.3, -0.25) is 0 Å². The number of nitriles is 1. The number of nitrogens with zero attached hydrogens (tertiary/aromatic N) is 1. The van der Waals surface area contributed by atoms with Gasteiger partial charge in [-0.05, 0) is 37.0 Å². The number of aryl methyl sites for hydroxylation is 2. The molecule has 0 saturated heterocycles. The fraction of sp³-hybridized carbons (Fsp3) is 0.462. The molecule has 0 bridgehead atoms. The summed E-state index contributed by atoms with van der Waals surface area (Å²) < 4.78 is 0. The highest BCUT2D eigenvalue weighted by atomic mass is 14.2. The van der Waals surface area contributed by atoms with Crippen molar-refractivity contribution in [1.29, 1.82) is 5.26 Å². The number of hydrogen-bond donors (Lipinski definition) is 0. The van der Waals surface area contributed by atoms with E-state index in [4.69, 9.17) is 5.26 Å². The zero-order chi connectivity index (χ0) is 11.0. The van der Waals surface area contributed by atoms with Gasteiger partial charge in [-0.1, -0.05) is 32.0 Å². The summed E-state index contributed by atoms with van der Waals surface area (Å²) >= 11 is 0. The summed E-state index contributed by atoms with van der Waals surface area (Å²) in [4.78, 5) is 0. The van der Waals surface area contributed by atoms with Crippen molar-refractivity contribution in [1.82, 2.24) is 0 Å². The normalized spacial score (nSPS) is 8.50. The van der Waals surface area contributed by atoms with Crippen LogP contribution in [0.4, 0.5) is 0 Å². The predicted octanol–water partition coefficient (Wildman–Crippen LogP) is 3.79. The van der Waals surface area contributed by atoms with E-state index in [2.05, 4.69) is 38.1 Å². The number of hydrogen-bond acceptors (Lipinski definition) is 1. The summed E-state index contributed by atoms with van der Waals surface area (Å²) in [5.74, 6) is 0. The lowest BCUT2D eigenvalue weighted by Crippen LogP contribution is -1.92. The molecule has 14 heavy (non-hydrogen) atoms. The average Bonchev–Trinajstić information content (AvgIpc) is 2.20. The van der Waals surface area contributed by atoms with Crippen LogP contribution >= 0.6 is 0 Å². The third-order valence-corrected chi connectivity index (χ3v) is 2.13. The Kier molecular flexibility index (Phi) is 6.49. The topological polar surface area (TPSA) is 23.8 Å². The fourth-order valence-electron chi connectivity index (χ4n) is 1.42. The van der Waals surface area contributed by atoms with Crippen LogP contribution in [0.15, 0.2) is 18.2 Å². The lowest BCUT2D eigenvalue weighted by molar-refractivity contribution is 0.981. The Bertz CT molecular complexity index is 287. The minimum absolute atomic E-state index is 0.617. The van der Waals surface area contributed by atoms with E-state index in [1.165, 1.54) is 16.7 Å². The molecule has 0 spiro atoms. The standard InChI is InChI=1S/C11H13N.C2H6/c1-9-5-3-6-10(2)11(9)7-4-8-12;1-2/h3,5-6H,4,7H2,1-2H3;1-2H3. The summed E-state index contributed by atoms with van der Waals surface area (Å²) in [5, 5.41) is 8.46. The predicted molar refractivity (Wildman–Crippen MR) is 61.2 cm³/mol. The van der Waals surface area contributed by atoms with Gasteiger partial charge in [-0.2, -0.15) is 5.26 Å². The van der Waals surface area contributed by atoms with Crippen LogP contribution in [0.1, 0.15) is 37.0 Å². The molecule has 0 heterocycles. The molecule has 0 aromatic heterocycles. The second kappa shape index (κ2) is 7.15. The Labute approximate surface area is 87.4 Å². The highest BCUT2D eigenvalue weighted by Gasteiger charge is 2.00. The molecule has 1 aromatic carbocycles. The molecule has 1 nitrogen and oxygen atoms in total. The van der Waals surface area contributed by atoms with Gasteiger partial charge >= 0.3 is 0 Å². The van der Waals surface area contributed by atoms with Crippen molar-refractivity contribution in [2.24, 2.45) is 0 Å². The van der Waals surface area contributed by atoms with Crippen LogP contribution < -0.4 is 0 Å². The number of benzene rings is 1. The highest BCUT2D eigenvalue weighted by molar-refractivity contribution is 5.33. The minimum Gasteiger partial charge on any atom is -0.198 e. The van der Waals surface area contributed by atoms with Gasteiger partial charge in [0.2, 0.25) is 0 Å². The van der Waals surface area contributed by atoms with E-state index < -0.39 is 0 Å². The quantitative estimate of drug-likeness (QED) is 0.694. The molecule has 1 aromatic rings. The summed E-state index contributed by atoms with van der Waals surface area (Å²) in [6.45, 7) is 8.19. The Morgan fingerprint density at radius 3 is 2.07 bits per heavy atom. The van der Waals surface area contributed by atoms with Gasteiger partial charge in [0.25, 0.3) is 0 Å². The van der Waals surface area contributed by atoms with Crippen LogP contribution in [-0.4, -0.2) is 0 Å². The SMILES string of the molecule is CC.Cc1cccc(C)c1CCC#N. The summed E-state index contributed by atoms with van der Waals surface area (Å²) in [7, 11) is 0. The van der Waals surface area contributed by atoms with Crippen LogP contribution in [-0.2, 0) is 6.42 Å². The van der Waals surface area contributed by atoms with Gasteiger partial charge in [0, 0.05) is 6.42 Å². The monoisotopic (exact) mass is 189 g/mol. The highest BCUT2D eigenvalue weighted by Crippen LogP contribution is 2.14. The Balaban J connectivity index is 0.000000791. The van der Waals surface area contributed by atoms with E-state index in [1.807, 2.05) is 13.8 Å². The zero-order valence-corrected chi connectivity index (χ0v) is 9.59. The summed E-state index contributed by atoms with van der Waals surface area (Å²) in [5.41, 5.74) is 3.93. The van der Waals surface area contributed by atoms with E-state index in [9.17, 15) is 0 Å². The molecule has 0 saturated carbocycles. The minimum atomic E-state index is 0.617. The van der Waals surface area contributed by atoms with Crippen LogP contribution in [0, 0.1) is 25.2 Å². The van der Waals surface area contributed by atoms with Crippen LogP contribution in [0.2, 0.25) is 0 Å². The van der Waals surface area contributed by atoms with E-state index in [0.717, 1.165) is 6.42 Å². The molecule has 0 amide bonds. The Morgan fingerprint density at radius 1 is 1.14 bits per heavy atom. The first kappa shape index (κ1) is 12.7. The van der Waals surface area contributed by atoms with Crippen molar-refractivity contribution in [2.45, 2.75) is 40.5 Å². The molecule has 0 aliphatic carbocycles. The first-order chi connectivity index (χ1) is 6.75. The second-order valence-corrected chi connectivity index (χ2v) is 3.03. The van der Waals surface area contributed by atoms with E-state index in [-0.39, 0.29) is 0 Å². The maximum Gasteiger partial charge on any atom is 0.0625 e. The third kappa shape index (κ3) is 3.62. The van der Waals surface area contributed by atoms with Crippen LogP contribution in [0.3, 0.4) is 0 Å². The Morgan fingerprint density at radius 2 is 1.64 bits per heavy atom. The lowest BCUT2D eigenvalue weighted by atomic mass is 9.99. The van der Waals surface area contributed by atoms with Crippen LogP contribution in [0.25, 0.3) is 0 Å². The van der Waals surface area contributed by atoms with Gasteiger partial charge < -0.3 is 0 Å². The Hall–Kier alpha value is -1.29. The van der Waals surface area contributed by atoms with Crippen molar-refractivity contribution in [3.05, 3.63) is 34.9 Å². The van der Waals surface area contributed by atoms with Crippen LogP contribution in [0.5, 0.6) is 0 Å². The molecule has 0 N–H and O–H groups in total. The van der Waals surface area contributed by atoms with Gasteiger partial charge in [-0.15, -0.1) is 0 Å².